The summed E-state index contributed by atoms with van der Waals surface area (Å²) < 4.78 is 1.85. The van der Waals surface area contributed by atoms with Gasteiger partial charge in [0.25, 0.3) is 0 Å². The number of aromatic nitrogens is 5. The highest BCUT2D eigenvalue weighted by Gasteiger charge is 2.28. The molecule has 4 heterocycles. The molecular weight excluding hydrogens is 326 g/mol. The van der Waals surface area contributed by atoms with Gasteiger partial charge in [-0.25, -0.2) is 0 Å². The van der Waals surface area contributed by atoms with Gasteiger partial charge in [-0.2, -0.15) is 9.61 Å². The van der Waals surface area contributed by atoms with Gasteiger partial charge in [0.15, 0.2) is 0 Å². The Bertz CT molecular complexity index is 887. The molecule has 1 aliphatic carbocycles. The molecule has 1 saturated carbocycles. The normalized spacial score (nSPS) is 19.0. The van der Waals surface area contributed by atoms with Crippen molar-refractivity contribution in [1.82, 2.24) is 29.7 Å². The molecule has 7 heteroatoms. The molecule has 134 valence electrons. The van der Waals surface area contributed by atoms with Crippen molar-refractivity contribution in [3.8, 4) is 0 Å². The third kappa shape index (κ3) is 3.14. The quantitative estimate of drug-likeness (QED) is 0.719. The van der Waals surface area contributed by atoms with Crippen molar-refractivity contribution in [1.29, 1.82) is 0 Å². The van der Waals surface area contributed by atoms with Crippen LogP contribution in [-0.4, -0.2) is 55.9 Å². The van der Waals surface area contributed by atoms with E-state index in [0.29, 0.717) is 5.92 Å². The predicted molar refractivity (Wildman–Crippen MR) is 99.1 cm³/mol. The Kier molecular flexibility index (Phi) is 4.01. The minimum Gasteiger partial charge on any atom is -0.367 e. The zero-order chi connectivity index (χ0) is 17.3. The van der Waals surface area contributed by atoms with Crippen molar-refractivity contribution in [3.05, 3.63) is 48.2 Å². The van der Waals surface area contributed by atoms with Gasteiger partial charge >= 0.3 is 0 Å². The van der Waals surface area contributed by atoms with E-state index in [-0.39, 0.29) is 0 Å². The maximum Gasteiger partial charge on any atom is 0.200 e. The van der Waals surface area contributed by atoms with Gasteiger partial charge < -0.3 is 4.90 Å². The second-order valence-corrected chi connectivity index (χ2v) is 7.30. The van der Waals surface area contributed by atoms with Crippen molar-refractivity contribution >= 4 is 11.3 Å². The summed E-state index contributed by atoms with van der Waals surface area (Å²) in [6.07, 6.45) is 9.11. The molecular formula is C19H23N7. The number of hydrogen-bond donors (Lipinski definition) is 0. The van der Waals surface area contributed by atoms with Crippen LogP contribution >= 0.6 is 0 Å². The van der Waals surface area contributed by atoms with Gasteiger partial charge in [-0.1, -0.05) is 0 Å². The van der Waals surface area contributed by atoms with E-state index >= 15 is 0 Å². The Labute approximate surface area is 152 Å². The van der Waals surface area contributed by atoms with E-state index in [1.807, 2.05) is 16.9 Å². The SMILES string of the molecule is c1cc(CN2CCCN(c3cc(C4CC4)nn4cnnc34)CC2)ccn1. The molecule has 0 bridgehead atoms. The van der Waals surface area contributed by atoms with E-state index in [1.165, 1.54) is 29.8 Å². The molecule has 0 amide bonds. The van der Waals surface area contributed by atoms with Gasteiger partial charge in [0, 0.05) is 51.0 Å². The summed E-state index contributed by atoms with van der Waals surface area (Å²) in [5.74, 6) is 0.621. The highest BCUT2D eigenvalue weighted by molar-refractivity contribution is 5.68. The summed E-state index contributed by atoms with van der Waals surface area (Å²) in [4.78, 5) is 9.10. The van der Waals surface area contributed by atoms with Crippen molar-refractivity contribution in [2.75, 3.05) is 31.1 Å². The fourth-order valence-electron chi connectivity index (χ4n) is 3.76. The fourth-order valence-corrected chi connectivity index (χ4v) is 3.76. The molecule has 0 N–H and O–H groups in total. The van der Waals surface area contributed by atoms with Crippen molar-refractivity contribution < 1.29 is 0 Å². The number of rotatable bonds is 4. The molecule has 2 aliphatic rings. The maximum atomic E-state index is 4.70. The fraction of sp³-hybridized carbons (Fsp3) is 0.474. The summed E-state index contributed by atoms with van der Waals surface area (Å²) >= 11 is 0. The third-order valence-electron chi connectivity index (χ3n) is 5.35. The molecule has 3 aromatic heterocycles. The highest BCUT2D eigenvalue weighted by atomic mass is 15.4. The number of pyridine rings is 1. The molecule has 0 unspecified atom stereocenters. The average molecular weight is 349 g/mol. The zero-order valence-electron chi connectivity index (χ0n) is 14.8. The molecule has 0 aromatic carbocycles. The minimum absolute atomic E-state index is 0.621. The summed E-state index contributed by atoms with van der Waals surface area (Å²) in [7, 11) is 0. The van der Waals surface area contributed by atoms with Crippen LogP contribution in [0.4, 0.5) is 5.69 Å². The topological polar surface area (TPSA) is 62.5 Å². The lowest BCUT2D eigenvalue weighted by molar-refractivity contribution is 0.285. The zero-order valence-corrected chi connectivity index (χ0v) is 14.8. The van der Waals surface area contributed by atoms with Crippen LogP contribution in [0, 0.1) is 0 Å². The Hall–Kier alpha value is -2.54. The molecule has 5 rings (SSSR count). The van der Waals surface area contributed by atoms with Crippen molar-refractivity contribution in [2.24, 2.45) is 0 Å². The Morgan fingerprint density at radius 2 is 1.92 bits per heavy atom. The van der Waals surface area contributed by atoms with Crippen LogP contribution in [0.25, 0.3) is 5.65 Å². The van der Waals surface area contributed by atoms with Gasteiger partial charge in [-0.05, 0) is 43.0 Å². The third-order valence-corrected chi connectivity index (χ3v) is 5.35. The molecule has 7 nitrogen and oxygen atoms in total. The predicted octanol–water partition coefficient (Wildman–Crippen LogP) is 2.11. The van der Waals surface area contributed by atoms with Gasteiger partial charge in [-0.15, -0.1) is 10.2 Å². The lowest BCUT2D eigenvalue weighted by Crippen LogP contribution is -2.31. The minimum atomic E-state index is 0.621. The lowest BCUT2D eigenvalue weighted by atomic mass is 10.2. The van der Waals surface area contributed by atoms with Crippen molar-refractivity contribution in [3.63, 3.8) is 0 Å². The monoisotopic (exact) mass is 349 g/mol. The average Bonchev–Trinajstić information content (AvgIpc) is 3.45. The van der Waals surface area contributed by atoms with Crippen LogP contribution < -0.4 is 4.90 Å². The van der Waals surface area contributed by atoms with E-state index in [4.69, 9.17) is 5.10 Å². The summed E-state index contributed by atoms with van der Waals surface area (Å²) in [5.41, 5.74) is 4.57. The highest BCUT2D eigenvalue weighted by Crippen LogP contribution is 2.40. The van der Waals surface area contributed by atoms with Crippen LogP contribution in [0.1, 0.15) is 36.4 Å². The van der Waals surface area contributed by atoms with Crippen LogP contribution in [-0.2, 0) is 6.54 Å². The number of nitrogens with zero attached hydrogens (tertiary/aromatic N) is 7. The lowest BCUT2D eigenvalue weighted by Gasteiger charge is -2.24. The second kappa shape index (κ2) is 6.64. The van der Waals surface area contributed by atoms with E-state index in [2.05, 4.69) is 43.2 Å². The first kappa shape index (κ1) is 15.7. The number of hydrogen-bond acceptors (Lipinski definition) is 6. The van der Waals surface area contributed by atoms with E-state index in [0.717, 1.165) is 44.8 Å². The molecule has 0 spiro atoms. The van der Waals surface area contributed by atoms with E-state index in [1.54, 1.807) is 6.33 Å². The summed E-state index contributed by atoms with van der Waals surface area (Å²) in [6.45, 7) is 5.19. The Morgan fingerprint density at radius 3 is 2.77 bits per heavy atom. The second-order valence-electron chi connectivity index (χ2n) is 7.30. The Morgan fingerprint density at radius 1 is 1.04 bits per heavy atom. The van der Waals surface area contributed by atoms with E-state index in [9.17, 15) is 0 Å². The standard InChI is InChI=1S/C19H23N7/c1-8-24(13-15-4-6-20-7-5-15)10-11-25(9-1)18-12-17(16-2-3-16)23-26-14-21-22-19(18)26/h4-7,12,14,16H,1-3,8-11,13H2. The van der Waals surface area contributed by atoms with Crippen LogP contribution in [0.3, 0.4) is 0 Å². The van der Waals surface area contributed by atoms with Crippen LogP contribution in [0.2, 0.25) is 0 Å². The largest absolute Gasteiger partial charge is 0.367 e. The molecule has 2 fully saturated rings. The molecule has 0 atom stereocenters. The van der Waals surface area contributed by atoms with Crippen LogP contribution in [0.5, 0.6) is 0 Å². The van der Waals surface area contributed by atoms with Crippen molar-refractivity contribution in [2.45, 2.75) is 31.7 Å². The molecule has 26 heavy (non-hydrogen) atoms. The summed E-state index contributed by atoms with van der Waals surface area (Å²) in [6, 6.07) is 6.46. The first-order chi connectivity index (χ1) is 12.9. The smallest absolute Gasteiger partial charge is 0.200 e. The molecule has 0 radical (unpaired) electrons. The Balaban J connectivity index is 1.36. The first-order valence-corrected chi connectivity index (χ1v) is 9.44. The number of anilines is 1. The maximum absolute atomic E-state index is 4.70. The number of fused-ring (bicyclic) bond motifs is 1. The molecule has 1 saturated heterocycles. The van der Waals surface area contributed by atoms with Gasteiger partial charge in [0.1, 0.15) is 6.33 Å². The summed E-state index contributed by atoms with van der Waals surface area (Å²) in [5, 5.41) is 13.1. The molecule has 3 aromatic rings. The van der Waals surface area contributed by atoms with Gasteiger partial charge in [-0.3, -0.25) is 9.88 Å². The first-order valence-electron chi connectivity index (χ1n) is 9.44. The van der Waals surface area contributed by atoms with Gasteiger partial charge in [0.05, 0.1) is 11.4 Å². The molecule has 1 aliphatic heterocycles. The van der Waals surface area contributed by atoms with Gasteiger partial charge in [0.2, 0.25) is 5.65 Å². The van der Waals surface area contributed by atoms with E-state index < -0.39 is 0 Å². The van der Waals surface area contributed by atoms with Crippen LogP contribution in [0.15, 0.2) is 36.9 Å².